The molecule has 0 amide bonds. The fourth-order valence-corrected chi connectivity index (χ4v) is 1.64. The van der Waals surface area contributed by atoms with Crippen molar-refractivity contribution in [3.05, 3.63) is 48.9 Å². The van der Waals surface area contributed by atoms with Crippen LogP contribution in [0, 0.1) is 0 Å². The zero-order chi connectivity index (χ0) is 10.1. The van der Waals surface area contributed by atoms with Gasteiger partial charge in [0.1, 0.15) is 5.65 Å². The monoisotopic (exact) mass is 195 g/mol. The summed E-state index contributed by atoms with van der Waals surface area (Å²) in [6.45, 7) is 0. The van der Waals surface area contributed by atoms with Crippen molar-refractivity contribution >= 4 is 11.0 Å². The second-order valence-corrected chi connectivity index (χ2v) is 3.37. The fraction of sp³-hybridized carbons (Fsp3) is 0. The molecule has 15 heavy (non-hydrogen) atoms. The number of nitrogens with one attached hydrogen (secondary N) is 1. The van der Waals surface area contributed by atoms with Crippen molar-refractivity contribution in [2.45, 2.75) is 0 Å². The summed E-state index contributed by atoms with van der Waals surface area (Å²) in [5, 5.41) is 1.12. The van der Waals surface area contributed by atoms with Gasteiger partial charge >= 0.3 is 0 Å². The second kappa shape index (κ2) is 3.20. The van der Waals surface area contributed by atoms with E-state index in [2.05, 4.69) is 21.0 Å². The summed E-state index contributed by atoms with van der Waals surface area (Å²) in [6, 6.07) is 10.0. The van der Waals surface area contributed by atoms with Crippen LogP contribution in [0.4, 0.5) is 0 Å². The molecular formula is C12H9N3. The Balaban J connectivity index is 2.21. The zero-order valence-electron chi connectivity index (χ0n) is 8.01. The summed E-state index contributed by atoms with van der Waals surface area (Å²) < 4.78 is 0. The highest BCUT2D eigenvalue weighted by molar-refractivity contribution is 5.82. The lowest BCUT2D eigenvalue weighted by atomic mass is 10.2. The van der Waals surface area contributed by atoms with E-state index in [0.29, 0.717) is 0 Å². The number of nitrogens with zero attached hydrogens (tertiary/aromatic N) is 2. The average molecular weight is 195 g/mol. The lowest BCUT2D eigenvalue weighted by molar-refractivity contribution is 1.29. The van der Waals surface area contributed by atoms with E-state index in [1.807, 2.05) is 30.5 Å². The van der Waals surface area contributed by atoms with Gasteiger partial charge in [0.05, 0.1) is 0 Å². The van der Waals surface area contributed by atoms with Crippen LogP contribution >= 0.6 is 0 Å². The van der Waals surface area contributed by atoms with Crippen LogP contribution in [0.2, 0.25) is 0 Å². The minimum Gasteiger partial charge on any atom is -0.339 e. The van der Waals surface area contributed by atoms with E-state index in [1.54, 1.807) is 12.4 Å². The number of hydrogen-bond acceptors (Lipinski definition) is 2. The van der Waals surface area contributed by atoms with Crippen LogP contribution in [0.1, 0.15) is 0 Å². The van der Waals surface area contributed by atoms with E-state index in [-0.39, 0.29) is 0 Å². The lowest BCUT2D eigenvalue weighted by Crippen LogP contribution is -1.78. The summed E-state index contributed by atoms with van der Waals surface area (Å²) in [5.41, 5.74) is 3.05. The summed E-state index contributed by atoms with van der Waals surface area (Å²) in [5.74, 6) is 0. The maximum Gasteiger partial charge on any atom is 0.137 e. The molecule has 3 rings (SSSR count). The van der Waals surface area contributed by atoms with E-state index < -0.39 is 0 Å². The first-order valence-corrected chi connectivity index (χ1v) is 4.77. The van der Waals surface area contributed by atoms with Crippen molar-refractivity contribution in [3.8, 4) is 11.3 Å². The van der Waals surface area contributed by atoms with E-state index in [4.69, 9.17) is 0 Å². The van der Waals surface area contributed by atoms with E-state index in [0.717, 1.165) is 22.3 Å². The minimum absolute atomic E-state index is 0.913. The number of hydrogen-bond donors (Lipinski definition) is 1. The van der Waals surface area contributed by atoms with Gasteiger partial charge < -0.3 is 4.98 Å². The molecule has 72 valence electrons. The van der Waals surface area contributed by atoms with E-state index >= 15 is 0 Å². The lowest BCUT2D eigenvalue weighted by Gasteiger charge is -1.93. The van der Waals surface area contributed by atoms with Crippen molar-refractivity contribution in [3.63, 3.8) is 0 Å². The molecule has 0 atom stereocenters. The van der Waals surface area contributed by atoms with Gasteiger partial charge in [0.2, 0.25) is 0 Å². The number of pyridine rings is 2. The Morgan fingerprint density at radius 2 is 2.00 bits per heavy atom. The molecule has 0 radical (unpaired) electrons. The van der Waals surface area contributed by atoms with Gasteiger partial charge in [0.25, 0.3) is 0 Å². The summed E-state index contributed by atoms with van der Waals surface area (Å²) in [4.78, 5) is 11.6. The highest BCUT2D eigenvalue weighted by Gasteiger charge is 2.02. The van der Waals surface area contributed by atoms with Gasteiger partial charge in [-0.05, 0) is 30.3 Å². The molecule has 1 N–H and O–H groups in total. The number of H-pyrrole nitrogens is 1. The van der Waals surface area contributed by atoms with Crippen LogP contribution in [0.5, 0.6) is 0 Å². The smallest absolute Gasteiger partial charge is 0.137 e. The van der Waals surface area contributed by atoms with Crippen molar-refractivity contribution in [1.82, 2.24) is 15.0 Å². The maximum absolute atomic E-state index is 4.25. The van der Waals surface area contributed by atoms with Gasteiger partial charge in [0.15, 0.2) is 0 Å². The van der Waals surface area contributed by atoms with Gasteiger partial charge in [-0.3, -0.25) is 4.98 Å². The van der Waals surface area contributed by atoms with Gasteiger partial charge in [-0.15, -0.1) is 0 Å². The average Bonchev–Trinajstić information content (AvgIpc) is 2.74. The SMILES string of the molecule is c1cncc(-c2cc3cccnc3[nH]2)c1. The van der Waals surface area contributed by atoms with Crippen molar-refractivity contribution in [1.29, 1.82) is 0 Å². The first kappa shape index (κ1) is 8.17. The number of fused-ring (bicyclic) bond motifs is 1. The normalized spacial score (nSPS) is 10.7. The second-order valence-electron chi connectivity index (χ2n) is 3.37. The van der Waals surface area contributed by atoms with Crippen molar-refractivity contribution in [2.75, 3.05) is 0 Å². The Labute approximate surface area is 86.8 Å². The Bertz CT molecular complexity index is 551. The third-order valence-corrected chi connectivity index (χ3v) is 2.36. The van der Waals surface area contributed by atoms with Crippen LogP contribution in [0.3, 0.4) is 0 Å². The van der Waals surface area contributed by atoms with Gasteiger partial charge in [-0.25, -0.2) is 4.98 Å². The largest absolute Gasteiger partial charge is 0.339 e. The Morgan fingerprint density at radius 1 is 1.07 bits per heavy atom. The third kappa shape index (κ3) is 1.38. The predicted molar refractivity (Wildman–Crippen MR) is 59.3 cm³/mol. The third-order valence-electron chi connectivity index (χ3n) is 2.36. The molecule has 0 saturated carbocycles. The summed E-state index contributed by atoms with van der Waals surface area (Å²) >= 11 is 0. The molecule has 3 nitrogen and oxygen atoms in total. The molecule has 0 unspecified atom stereocenters. The minimum atomic E-state index is 0.913. The Morgan fingerprint density at radius 3 is 2.80 bits per heavy atom. The molecule has 3 heteroatoms. The molecule has 3 aromatic heterocycles. The van der Waals surface area contributed by atoms with E-state index in [1.165, 1.54) is 0 Å². The molecule has 3 aromatic rings. The van der Waals surface area contributed by atoms with E-state index in [9.17, 15) is 0 Å². The molecule has 0 aliphatic heterocycles. The number of aromatic amines is 1. The van der Waals surface area contributed by atoms with Crippen LogP contribution < -0.4 is 0 Å². The summed E-state index contributed by atoms with van der Waals surface area (Å²) in [6.07, 6.45) is 5.39. The maximum atomic E-state index is 4.25. The molecule has 0 aliphatic carbocycles. The molecule has 3 heterocycles. The standard InChI is InChI=1S/C12H9N3/c1-4-10(8-13-5-1)11-7-9-3-2-6-14-12(9)15-11/h1-8H,(H,14,15). The topological polar surface area (TPSA) is 41.6 Å². The van der Waals surface area contributed by atoms with Crippen LogP contribution in [0.25, 0.3) is 22.3 Å². The summed E-state index contributed by atoms with van der Waals surface area (Å²) in [7, 11) is 0. The zero-order valence-corrected chi connectivity index (χ0v) is 8.01. The predicted octanol–water partition coefficient (Wildman–Crippen LogP) is 2.62. The van der Waals surface area contributed by atoms with Gasteiger partial charge in [0, 0.05) is 35.2 Å². The Hall–Kier alpha value is -2.16. The molecule has 0 bridgehead atoms. The molecule has 0 spiro atoms. The van der Waals surface area contributed by atoms with Gasteiger partial charge in [-0.2, -0.15) is 0 Å². The number of rotatable bonds is 1. The van der Waals surface area contributed by atoms with Crippen LogP contribution in [0.15, 0.2) is 48.9 Å². The Kier molecular flexibility index (Phi) is 1.75. The molecule has 0 saturated heterocycles. The molecular weight excluding hydrogens is 186 g/mol. The number of aromatic nitrogens is 3. The molecule has 0 aromatic carbocycles. The van der Waals surface area contributed by atoms with Crippen LogP contribution in [-0.4, -0.2) is 15.0 Å². The first-order chi connectivity index (χ1) is 7.43. The van der Waals surface area contributed by atoms with Crippen LogP contribution in [-0.2, 0) is 0 Å². The van der Waals surface area contributed by atoms with Gasteiger partial charge in [-0.1, -0.05) is 0 Å². The highest BCUT2D eigenvalue weighted by atomic mass is 14.9. The van der Waals surface area contributed by atoms with Crippen molar-refractivity contribution in [2.24, 2.45) is 0 Å². The molecule has 0 aliphatic rings. The molecule has 0 fully saturated rings. The fourth-order valence-electron chi connectivity index (χ4n) is 1.64. The first-order valence-electron chi connectivity index (χ1n) is 4.77. The quantitative estimate of drug-likeness (QED) is 0.648. The van der Waals surface area contributed by atoms with Crippen molar-refractivity contribution < 1.29 is 0 Å². The highest BCUT2D eigenvalue weighted by Crippen LogP contribution is 2.21.